The molecule has 0 fully saturated rings. The number of thiazole rings is 1. The van der Waals surface area contributed by atoms with E-state index < -0.39 is 0 Å². The Hall–Kier alpha value is -1.00. The van der Waals surface area contributed by atoms with Gasteiger partial charge in [0.05, 0.1) is 4.88 Å². The van der Waals surface area contributed by atoms with Gasteiger partial charge in [-0.1, -0.05) is 24.3 Å². The van der Waals surface area contributed by atoms with Crippen molar-refractivity contribution in [1.82, 2.24) is 4.98 Å². The van der Waals surface area contributed by atoms with Crippen LogP contribution in [0.15, 0.2) is 28.2 Å². The van der Waals surface area contributed by atoms with Gasteiger partial charge in [-0.15, -0.1) is 11.3 Å². The van der Waals surface area contributed by atoms with Crippen LogP contribution in [0.3, 0.4) is 0 Å². The average Bonchev–Trinajstić information content (AvgIpc) is 2.60. The fourth-order valence-electron chi connectivity index (χ4n) is 1.41. The molecule has 0 aliphatic rings. The second-order valence-electron chi connectivity index (χ2n) is 3.11. The van der Waals surface area contributed by atoms with E-state index in [4.69, 9.17) is 0 Å². The fraction of sp³-hybridized carbons (Fsp3) is 0.0909. The van der Waals surface area contributed by atoms with Gasteiger partial charge in [-0.25, -0.2) is 4.98 Å². The van der Waals surface area contributed by atoms with E-state index in [0.717, 1.165) is 26.2 Å². The van der Waals surface area contributed by atoms with E-state index in [1.165, 1.54) is 11.3 Å². The van der Waals surface area contributed by atoms with E-state index in [1.807, 2.05) is 31.2 Å². The molecule has 1 heterocycles. The summed E-state index contributed by atoms with van der Waals surface area (Å²) in [4.78, 5) is 15.9. The van der Waals surface area contributed by atoms with E-state index in [2.05, 4.69) is 20.9 Å². The first-order chi connectivity index (χ1) is 7.22. The van der Waals surface area contributed by atoms with Crippen LogP contribution in [0.1, 0.15) is 16.1 Å². The summed E-state index contributed by atoms with van der Waals surface area (Å²) in [5.41, 5.74) is 2.72. The van der Waals surface area contributed by atoms with Crippen molar-refractivity contribution in [3.05, 3.63) is 39.4 Å². The standard InChI is InChI=1S/C11H8BrNOS/c1-7-4-2-3-5-8(7)10-9(6-14)13-11(12)15-10/h2-6H,1H3. The lowest BCUT2D eigenvalue weighted by Crippen LogP contribution is -1.85. The molecule has 0 saturated carbocycles. The van der Waals surface area contributed by atoms with Crippen molar-refractivity contribution in [2.45, 2.75) is 6.92 Å². The molecule has 0 N–H and O–H groups in total. The normalized spacial score (nSPS) is 10.3. The van der Waals surface area contributed by atoms with E-state index in [-0.39, 0.29) is 0 Å². The summed E-state index contributed by atoms with van der Waals surface area (Å²) in [6.45, 7) is 2.03. The van der Waals surface area contributed by atoms with Crippen LogP contribution in [0, 0.1) is 6.92 Å². The summed E-state index contributed by atoms with van der Waals surface area (Å²) in [6.07, 6.45) is 0.795. The minimum Gasteiger partial charge on any atom is -0.296 e. The first kappa shape index (κ1) is 10.5. The monoisotopic (exact) mass is 281 g/mol. The van der Waals surface area contributed by atoms with Gasteiger partial charge in [-0.2, -0.15) is 0 Å². The quantitative estimate of drug-likeness (QED) is 0.786. The first-order valence-corrected chi connectivity index (χ1v) is 6.01. The van der Waals surface area contributed by atoms with E-state index in [0.29, 0.717) is 5.69 Å². The zero-order valence-corrected chi connectivity index (χ0v) is 10.4. The van der Waals surface area contributed by atoms with Crippen LogP contribution in [0.5, 0.6) is 0 Å². The predicted octanol–water partition coefficient (Wildman–Crippen LogP) is 3.69. The lowest BCUT2D eigenvalue weighted by atomic mass is 10.1. The van der Waals surface area contributed by atoms with Gasteiger partial charge in [-0.3, -0.25) is 4.79 Å². The topological polar surface area (TPSA) is 30.0 Å². The molecule has 1 aromatic heterocycles. The smallest absolute Gasteiger partial charge is 0.169 e. The highest BCUT2D eigenvalue weighted by Gasteiger charge is 2.12. The van der Waals surface area contributed by atoms with Gasteiger partial charge in [0.2, 0.25) is 0 Å². The third kappa shape index (κ3) is 2.01. The van der Waals surface area contributed by atoms with Crippen molar-refractivity contribution in [1.29, 1.82) is 0 Å². The van der Waals surface area contributed by atoms with E-state index in [9.17, 15) is 4.79 Å². The van der Waals surface area contributed by atoms with Crippen molar-refractivity contribution in [3.8, 4) is 10.4 Å². The molecular weight excluding hydrogens is 274 g/mol. The van der Waals surface area contributed by atoms with Gasteiger partial charge in [0.1, 0.15) is 5.69 Å². The maximum atomic E-state index is 10.8. The van der Waals surface area contributed by atoms with Crippen molar-refractivity contribution in [2.24, 2.45) is 0 Å². The SMILES string of the molecule is Cc1ccccc1-c1sc(Br)nc1C=O. The van der Waals surface area contributed by atoms with Gasteiger partial charge in [0.25, 0.3) is 0 Å². The minimum absolute atomic E-state index is 0.501. The Kier molecular flexibility index (Phi) is 2.98. The largest absolute Gasteiger partial charge is 0.296 e. The minimum atomic E-state index is 0.501. The molecule has 76 valence electrons. The Morgan fingerprint density at radius 3 is 2.80 bits per heavy atom. The molecule has 1 aromatic carbocycles. The number of aromatic nitrogens is 1. The molecule has 15 heavy (non-hydrogen) atoms. The summed E-state index contributed by atoms with van der Waals surface area (Å²) < 4.78 is 0.739. The number of halogens is 1. The summed E-state index contributed by atoms with van der Waals surface area (Å²) in [7, 11) is 0. The number of nitrogens with zero attached hydrogens (tertiary/aromatic N) is 1. The molecule has 2 rings (SSSR count). The van der Waals surface area contributed by atoms with Gasteiger partial charge in [0, 0.05) is 0 Å². The molecule has 2 aromatic rings. The Morgan fingerprint density at radius 2 is 2.13 bits per heavy atom. The van der Waals surface area contributed by atoms with Crippen LogP contribution in [0.4, 0.5) is 0 Å². The van der Waals surface area contributed by atoms with Gasteiger partial charge >= 0.3 is 0 Å². The van der Waals surface area contributed by atoms with Gasteiger partial charge in [-0.05, 0) is 34.0 Å². The molecule has 0 aliphatic heterocycles. The Morgan fingerprint density at radius 1 is 1.40 bits per heavy atom. The van der Waals surface area contributed by atoms with Gasteiger partial charge in [0.15, 0.2) is 10.2 Å². The summed E-state index contributed by atoms with van der Waals surface area (Å²) in [5.74, 6) is 0. The summed E-state index contributed by atoms with van der Waals surface area (Å²) in [5, 5.41) is 0. The lowest BCUT2D eigenvalue weighted by Gasteiger charge is -2.01. The second-order valence-corrected chi connectivity index (χ2v) is 5.39. The molecule has 0 unspecified atom stereocenters. The lowest BCUT2D eigenvalue weighted by molar-refractivity contribution is 0.112. The molecule has 0 bridgehead atoms. The van der Waals surface area contributed by atoms with Crippen molar-refractivity contribution < 1.29 is 4.79 Å². The average molecular weight is 282 g/mol. The molecule has 0 saturated heterocycles. The number of carbonyl (C=O) groups is 1. The molecular formula is C11H8BrNOS. The van der Waals surface area contributed by atoms with Crippen molar-refractivity contribution in [3.63, 3.8) is 0 Å². The molecule has 0 spiro atoms. The Labute approximate surface area is 100 Å². The molecule has 2 nitrogen and oxygen atoms in total. The van der Waals surface area contributed by atoms with Crippen LogP contribution in [-0.4, -0.2) is 11.3 Å². The third-order valence-corrected chi connectivity index (χ3v) is 3.68. The number of rotatable bonds is 2. The number of aryl methyl sites for hydroxylation is 1. The zero-order chi connectivity index (χ0) is 10.8. The highest BCUT2D eigenvalue weighted by atomic mass is 79.9. The molecule has 0 amide bonds. The maximum absolute atomic E-state index is 10.8. The molecule has 4 heteroatoms. The predicted molar refractivity (Wildman–Crippen MR) is 65.4 cm³/mol. The van der Waals surface area contributed by atoms with Gasteiger partial charge < -0.3 is 0 Å². The third-order valence-electron chi connectivity index (χ3n) is 2.13. The molecule has 0 aliphatic carbocycles. The maximum Gasteiger partial charge on any atom is 0.169 e. The van der Waals surface area contributed by atoms with Crippen LogP contribution < -0.4 is 0 Å². The van der Waals surface area contributed by atoms with Crippen LogP contribution in [-0.2, 0) is 0 Å². The van der Waals surface area contributed by atoms with E-state index >= 15 is 0 Å². The van der Waals surface area contributed by atoms with Crippen LogP contribution in [0.25, 0.3) is 10.4 Å². The van der Waals surface area contributed by atoms with E-state index in [1.54, 1.807) is 0 Å². The van der Waals surface area contributed by atoms with Crippen LogP contribution in [0.2, 0.25) is 0 Å². The van der Waals surface area contributed by atoms with Crippen molar-refractivity contribution >= 4 is 33.6 Å². The number of hydrogen-bond acceptors (Lipinski definition) is 3. The summed E-state index contributed by atoms with van der Waals surface area (Å²) in [6, 6.07) is 7.97. The second kappa shape index (κ2) is 4.24. The fourth-order valence-corrected chi connectivity index (χ4v) is 2.93. The Balaban J connectivity index is 2.63. The highest BCUT2D eigenvalue weighted by Crippen LogP contribution is 2.33. The highest BCUT2D eigenvalue weighted by molar-refractivity contribution is 9.11. The molecule has 0 atom stereocenters. The Bertz CT molecular complexity index is 507. The zero-order valence-electron chi connectivity index (χ0n) is 8.03. The number of hydrogen-bond donors (Lipinski definition) is 0. The summed E-state index contributed by atoms with van der Waals surface area (Å²) >= 11 is 4.77. The number of aldehydes is 1. The number of benzene rings is 1. The molecule has 0 radical (unpaired) electrons. The number of carbonyl (C=O) groups excluding carboxylic acids is 1. The first-order valence-electron chi connectivity index (χ1n) is 4.40. The van der Waals surface area contributed by atoms with Crippen molar-refractivity contribution in [2.75, 3.05) is 0 Å². The van der Waals surface area contributed by atoms with Crippen LogP contribution >= 0.6 is 27.3 Å².